The largest absolute Gasteiger partial charge is 0.477 e. The first-order valence-corrected chi connectivity index (χ1v) is 8.07. The molecule has 0 aliphatic carbocycles. The molecule has 0 saturated heterocycles. The fraction of sp³-hybridized carbons (Fsp3) is 0.125. The van der Waals surface area contributed by atoms with Gasteiger partial charge in [0.05, 0.1) is 29.0 Å². The molecule has 2 aromatic heterocycles. The molecule has 128 valence electrons. The van der Waals surface area contributed by atoms with E-state index in [0.717, 1.165) is 14.7 Å². The molecule has 0 saturated carbocycles. The van der Waals surface area contributed by atoms with Crippen LogP contribution in [0.1, 0.15) is 26.4 Å². The standard InChI is InChI=1S/C16H14BrN5O3/c1-21-14(16(24)25)13(7-18-21)15(23)20-12-4-2-3-10(5-12)8-22-9-11(17)6-19-22/h2-7,9H,8H2,1H3,(H,20,23)(H,24,25). The molecular formula is C16H14BrN5O3. The predicted octanol–water partition coefficient (Wildman–Crippen LogP) is 2.38. The molecule has 0 radical (unpaired) electrons. The van der Waals surface area contributed by atoms with Gasteiger partial charge >= 0.3 is 5.97 Å². The van der Waals surface area contributed by atoms with E-state index in [1.165, 1.54) is 13.2 Å². The molecule has 8 nitrogen and oxygen atoms in total. The van der Waals surface area contributed by atoms with Crippen molar-refractivity contribution >= 4 is 33.5 Å². The van der Waals surface area contributed by atoms with Gasteiger partial charge in [-0.15, -0.1) is 0 Å². The molecule has 0 atom stereocenters. The molecule has 2 heterocycles. The van der Waals surface area contributed by atoms with Crippen LogP contribution >= 0.6 is 15.9 Å². The number of carboxylic acids is 1. The molecular weight excluding hydrogens is 390 g/mol. The number of carbonyl (C=O) groups excluding carboxylic acids is 1. The molecule has 0 spiro atoms. The third-order valence-electron chi connectivity index (χ3n) is 3.52. The summed E-state index contributed by atoms with van der Waals surface area (Å²) in [4.78, 5) is 23.6. The smallest absolute Gasteiger partial charge is 0.354 e. The first kappa shape index (κ1) is 16.9. The molecule has 1 amide bonds. The number of aromatic nitrogens is 4. The topological polar surface area (TPSA) is 102 Å². The Hall–Kier alpha value is -2.94. The van der Waals surface area contributed by atoms with Crippen LogP contribution in [0, 0.1) is 0 Å². The van der Waals surface area contributed by atoms with E-state index in [1.54, 1.807) is 16.9 Å². The third-order valence-corrected chi connectivity index (χ3v) is 3.93. The van der Waals surface area contributed by atoms with Crippen LogP contribution in [0.5, 0.6) is 0 Å². The number of benzene rings is 1. The lowest BCUT2D eigenvalue weighted by atomic mass is 10.2. The number of anilines is 1. The van der Waals surface area contributed by atoms with Gasteiger partial charge in [-0.2, -0.15) is 10.2 Å². The van der Waals surface area contributed by atoms with E-state index < -0.39 is 11.9 Å². The molecule has 1 aromatic carbocycles. The van der Waals surface area contributed by atoms with E-state index in [-0.39, 0.29) is 11.3 Å². The molecule has 9 heteroatoms. The summed E-state index contributed by atoms with van der Waals surface area (Å²) in [6, 6.07) is 7.27. The number of nitrogens with zero attached hydrogens (tertiary/aromatic N) is 4. The van der Waals surface area contributed by atoms with Crippen LogP contribution < -0.4 is 5.32 Å². The summed E-state index contributed by atoms with van der Waals surface area (Å²) in [6.07, 6.45) is 4.78. The van der Waals surface area contributed by atoms with Crippen molar-refractivity contribution in [2.75, 3.05) is 5.32 Å². The Labute approximate surface area is 151 Å². The first-order valence-electron chi connectivity index (χ1n) is 7.27. The van der Waals surface area contributed by atoms with Crippen molar-refractivity contribution in [3.8, 4) is 0 Å². The number of halogens is 1. The highest BCUT2D eigenvalue weighted by molar-refractivity contribution is 9.10. The summed E-state index contributed by atoms with van der Waals surface area (Å²) in [5.41, 5.74) is 1.36. The second-order valence-corrected chi connectivity index (χ2v) is 6.26. The predicted molar refractivity (Wildman–Crippen MR) is 93.6 cm³/mol. The van der Waals surface area contributed by atoms with Crippen LogP contribution in [0.3, 0.4) is 0 Å². The van der Waals surface area contributed by atoms with Crippen LogP contribution in [0.25, 0.3) is 0 Å². The zero-order valence-electron chi connectivity index (χ0n) is 13.2. The maximum atomic E-state index is 12.4. The van der Waals surface area contributed by atoms with Gasteiger partial charge in [0.2, 0.25) is 0 Å². The molecule has 25 heavy (non-hydrogen) atoms. The molecule has 3 rings (SSSR count). The maximum absolute atomic E-state index is 12.4. The lowest BCUT2D eigenvalue weighted by molar-refractivity contribution is 0.0680. The minimum atomic E-state index is -1.21. The number of aromatic carboxylic acids is 1. The van der Waals surface area contributed by atoms with Crippen molar-refractivity contribution in [1.82, 2.24) is 19.6 Å². The number of carboxylic acid groups (broad SMARTS) is 1. The normalized spacial score (nSPS) is 10.6. The second kappa shape index (κ2) is 6.89. The fourth-order valence-electron chi connectivity index (χ4n) is 2.42. The molecule has 0 unspecified atom stereocenters. The van der Waals surface area contributed by atoms with Crippen molar-refractivity contribution < 1.29 is 14.7 Å². The first-order chi connectivity index (χ1) is 11.9. The van der Waals surface area contributed by atoms with E-state index in [9.17, 15) is 14.7 Å². The number of nitrogens with one attached hydrogen (secondary N) is 1. The third kappa shape index (κ3) is 3.77. The fourth-order valence-corrected chi connectivity index (χ4v) is 2.74. The zero-order chi connectivity index (χ0) is 18.0. The highest BCUT2D eigenvalue weighted by atomic mass is 79.9. The van der Waals surface area contributed by atoms with Crippen LogP contribution in [0.15, 0.2) is 47.3 Å². The van der Waals surface area contributed by atoms with Gasteiger partial charge < -0.3 is 10.4 Å². The highest BCUT2D eigenvalue weighted by Gasteiger charge is 2.21. The van der Waals surface area contributed by atoms with Gasteiger partial charge in [0, 0.05) is 18.9 Å². The molecule has 2 N–H and O–H groups in total. The molecule has 3 aromatic rings. The average Bonchev–Trinajstić information content (AvgIpc) is 3.13. The van der Waals surface area contributed by atoms with E-state index in [1.807, 2.05) is 24.4 Å². The zero-order valence-corrected chi connectivity index (χ0v) is 14.8. The number of hydrogen-bond donors (Lipinski definition) is 2. The highest BCUT2D eigenvalue weighted by Crippen LogP contribution is 2.16. The summed E-state index contributed by atoms with van der Waals surface area (Å²) >= 11 is 3.34. The Morgan fingerprint density at radius 1 is 1.28 bits per heavy atom. The van der Waals surface area contributed by atoms with E-state index >= 15 is 0 Å². The van der Waals surface area contributed by atoms with Crippen molar-refractivity contribution in [1.29, 1.82) is 0 Å². The van der Waals surface area contributed by atoms with Crippen molar-refractivity contribution in [2.24, 2.45) is 7.05 Å². The number of rotatable bonds is 5. The van der Waals surface area contributed by atoms with Crippen LogP contribution in [-0.2, 0) is 13.6 Å². The average molecular weight is 404 g/mol. The summed E-state index contributed by atoms with van der Waals surface area (Å²) < 4.78 is 3.80. The van der Waals surface area contributed by atoms with Crippen molar-refractivity contribution in [3.05, 3.63) is 64.1 Å². The Balaban J connectivity index is 1.78. The van der Waals surface area contributed by atoms with Gasteiger partial charge in [0.25, 0.3) is 5.91 Å². The van der Waals surface area contributed by atoms with Crippen LogP contribution in [-0.4, -0.2) is 36.5 Å². The molecule has 0 bridgehead atoms. The van der Waals surface area contributed by atoms with Gasteiger partial charge in [-0.3, -0.25) is 14.2 Å². The minimum Gasteiger partial charge on any atom is -0.477 e. The molecule has 0 aliphatic heterocycles. The van der Waals surface area contributed by atoms with Crippen LogP contribution in [0.4, 0.5) is 5.69 Å². The number of carbonyl (C=O) groups is 2. The Bertz CT molecular complexity index is 947. The molecule has 0 aliphatic rings. The maximum Gasteiger partial charge on any atom is 0.354 e. The quantitative estimate of drug-likeness (QED) is 0.680. The van der Waals surface area contributed by atoms with Crippen LogP contribution in [0.2, 0.25) is 0 Å². The number of amides is 1. The van der Waals surface area contributed by atoms with Gasteiger partial charge in [0.15, 0.2) is 5.69 Å². The Kier molecular flexibility index (Phi) is 4.66. The second-order valence-electron chi connectivity index (χ2n) is 5.35. The monoisotopic (exact) mass is 403 g/mol. The summed E-state index contributed by atoms with van der Waals surface area (Å²) in [5, 5.41) is 19.9. The minimum absolute atomic E-state index is 0.0106. The van der Waals surface area contributed by atoms with E-state index in [4.69, 9.17) is 0 Å². The number of hydrogen-bond acceptors (Lipinski definition) is 4. The number of aryl methyl sites for hydroxylation is 1. The summed E-state index contributed by atoms with van der Waals surface area (Å²) in [5.74, 6) is -1.73. The summed E-state index contributed by atoms with van der Waals surface area (Å²) in [6.45, 7) is 0.544. The SMILES string of the molecule is Cn1ncc(C(=O)Nc2cccc(Cn3cc(Br)cn3)c2)c1C(=O)O. The van der Waals surface area contributed by atoms with E-state index in [2.05, 4.69) is 31.4 Å². The Morgan fingerprint density at radius 2 is 2.08 bits per heavy atom. The Morgan fingerprint density at radius 3 is 2.76 bits per heavy atom. The summed E-state index contributed by atoms with van der Waals surface area (Å²) in [7, 11) is 1.48. The molecule has 0 fully saturated rings. The van der Waals surface area contributed by atoms with Crippen molar-refractivity contribution in [2.45, 2.75) is 6.54 Å². The van der Waals surface area contributed by atoms with Crippen molar-refractivity contribution in [3.63, 3.8) is 0 Å². The lowest BCUT2D eigenvalue weighted by Gasteiger charge is -2.08. The van der Waals surface area contributed by atoms with Gasteiger partial charge in [-0.05, 0) is 33.6 Å². The lowest BCUT2D eigenvalue weighted by Crippen LogP contribution is -2.17. The van der Waals surface area contributed by atoms with Gasteiger partial charge in [0.1, 0.15) is 0 Å². The van der Waals surface area contributed by atoms with E-state index in [0.29, 0.717) is 12.2 Å². The van der Waals surface area contributed by atoms with Gasteiger partial charge in [-0.25, -0.2) is 4.79 Å². The van der Waals surface area contributed by atoms with Gasteiger partial charge in [-0.1, -0.05) is 12.1 Å².